The molecule has 1 aliphatic heterocycles. The van der Waals surface area contributed by atoms with Gasteiger partial charge in [0, 0.05) is 31.9 Å². The van der Waals surface area contributed by atoms with Crippen LogP contribution in [0.1, 0.15) is 18.4 Å². The number of aryl methyl sites for hydroxylation is 1. The van der Waals surface area contributed by atoms with E-state index in [1.165, 1.54) is 0 Å². The Morgan fingerprint density at radius 3 is 3.05 bits per heavy atom. The summed E-state index contributed by atoms with van der Waals surface area (Å²) in [5.74, 6) is 0.427. The van der Waals surface area contributed by atoms with Gasteiger partial charge in [0.1, 0.15) is 5.69 Å². The van der Waals surface area contributed by atoms with Crippen molar-refractivity contribution in [2.24, 2.45) is 5.92 Å². The number of anilines is 1. The molecule has 2 aromatic rings. The predicted molar refractivity (Wildman–Crippen MR) is 82.8 cm³/mol. The second-order valence-corrected chi connectivity index (χ2v) is 5.83. The Hall–Kier alpha value is -2.44. The van der Waals surface area contributed by atoms with Gasteiger partial charge in [-0.25, -0.2) is 0 Å². The summed E-state index contributed by atoms with van der Waals surface area (Å²) < 4.78 is 1.83. The van der Waals surface area contributed by atoms with Crippen molar-refractivity contribution in [1.29, 1.82) is 0 Å². The molecule has 7 nitrogen and oxygen atoms in total. The van der Waals surface area contributed by atoms with Gasteiger partial charge in [-0.05, 0) is 37.3 Å². The van der Waals surface area contributed by atoms with E-state index in [0.717, 1.165) is 43.7 Å². The van der Waals surface area contributed by atoms with Gasteiger partial charge in [0.05, 0.1) is 11.1 Å². The summed E-state index contributed by atoms with van der Waals surface area (Å²) in [6.07, 6.45) is 5.67. The summed E-state index contributed by atoms with van der Waals surface area (Å²) in [4.78, 5) is 13.2. The van der Waals surface area contributed by atoms with Crippen LogP contribution in [0.4, 0.5) is 11.4 Å². The van der Waals surface area contributed by atoms with Gasteiger partial charge in [0.2, 0.25) is 0 Å². The number of nitrogens with zero attached hydrogens (tertiary/aromatic N) is 5. The highest BCUT2D eigenvalue weighted by molar-refractivity contribution is 5.64. The van der Waals surface area contributed by atoms with Crippen LogP contribution >= 0.6 is 0 Å². The molecule has 1 fully saturated rings. The zero-order valence-corrected chi connectivity index (χ0v) is 12.6. The first-order chi connectivity index (χ1) is 10.6. The molecule has 1 aromatic heterocycles. The normalized spacial score (nSPS) is 18.4. The minimum atomic E-state index is -0.288. The summed E-state index contributed by atoms with van der Waals surface area (Å²) in [5, 5.41) is 19.1. The van der Waals surface area contributed by atoms with Crippen LogP contribution in [-0.2, 0) is 6.54 Å². The van der Waals surface area contributed by atoms with Crippen LogP contribution in [0.15, 0.2) is 30.6 Å². The Bertz CT molecular complexity index is 656. The average Bonchev–Trinajstić information content (AvgIpc) is 3.00. The fourth-order valence-corrected chi connectivity index (χ4v) is 3.07. The molecule has 0 amide bonds. The lowest BCUT2D eigenvalue weighted by Crippen LogP contribution is -2.37. The van der Waals surface area contributed by atoms with Gasteiger partial charge in [-0.2, -0.15) is 0 Å². The highest BCUT2D eigenvalue weighted by Gasteiger charge is 2.25. The summed E-state index contributed by atoms with van der Waals surface area (Å²) in [6.45, 7) is 4.35. The van der Waals surface area contributed by atoms with Gasteiger partial charge < -0.3 is 4.90 Å². The lowest BCUT2D eigenvalue weighted by atomic mass is 9.97. The number of hydrogen-bond acceptors (Lipinski definition) is 5. The second kappa shape index (κ2) is 6.13. The third-order valence-electron chi connectivity index (χ3n) is 4.10. The molecule has 0 bridgehead atoms. The Kier molecular flexibility index (Phi) is 4.04. The van der Waals surface area contributed by atoms with Gasteiger partial charge in [-0.1, -0.05) is 11.3 Å². The molecule has 116 valence electrons. The lowest BCUT2D eigenvalue weighted by molar-refractivity contribution is -0.384. The highest BCUT2D eigenvalue weighted by Crippen LogP contribution is 2.32. The number of hydrogen-bond donors (Lipinski definition) is 0. The first-order valence-corrected chi connectivity index (χ1v) is 7.47. The molecule has 0 radical (unpaired) electrons. The van der Waals surface area contributed by atoms with Crippen molar-refractivity contribution in [3.63, 3.8) is 0 Å². The summed E-state index contributed by atoms with van der Waals surface area (Å²) in [7, 11) is 0. The lowest BCUT2D eigenvalue weighted by Gasteiger charge is -2.34. The van der Waals surface area contributed by atoms with Crippen LogP contribution in [0.25, 0.3) is 0 Å². The molecule has 22 heavy (non-hydrogen) atoms. The van der Waals surface area contributed by atoms with E-state index < -0.39 is 0 Å². The van der Waals surface area contributed by atoms with Crippen molar-refractivity contribution >= 4 is 11.4 Å². The molecule has 1 aromatic carbocycles. The zero-order chi connectivity index (χ0) is 15.5. The maximum Gasteiger partial charge on any atom is 0.292 e. The molecule has 3 rings (SSSR count). The predicted octanol–water partition coefficient (Wildman–Crippen LogP) is 2.41. The molecular weight excluding hydrogens is 282 g/mol. The molecule has 0 aliphatic carbocycles. The van der Waals surface area contributed by atoms with Gasteiger partial charge in [-0.15, -0.1) is 5.10 Å². The average molecular weight is 301 g/mol. The third kappa shape index (κ3) is 3.08. The number of piperidine rings is 1. The topological polar surface area (TPSA) is 77.1 Å². The molecule has 1 aliphatic rings. The number of nitro groups is 1. The van der Waals surface area contributed by atoms with Crippen LogP contribution in [0.2, 0.25) is 0 Å². The van der Waals surface area contributed by atoms with Crippen LogP contribution in [0.5, 0.6) is 0 Å². The fourth-order valence-electron chi connectivity index (χ4n) is 3.07. The number of rotatable bonds is 4. The number of benzene rings is 1. The molecule has 0 spiro atoms. The van der Waals surface area contributed by atoms with E-state index in [1.54, 1.807) is 12.3 Å². The minimum Gasteiger partial charge on any atom is -0.366 e. The van der Waals surface area contributed by atoms with Crippen molar-refractivity contribution in [3.8, 4) is 0 Å². The molecule has 0 saturated carbocycles. The monoisotopic (exact) mass is 301 g/mol. The SMILES string of the molecule is Cc1ccc(N2CCC[C@H](Cn3ccnn3)C2)c([N+](=O)[O-])c1. The molecule has 2 heterocycles. The van der Waals surface area contributed by atoms with E-state index in [-0.39, 0.29) is 10.6 Å². The Labute approximate surface area is 128 Å². The van der Waals surface area contributed by atoms with Gasteiger partial charge in [0.25, 0.3) is 5.69 Å². The largest absolute Gasteiger partial charge is 0.366 e. The van der Waals surface area contributed by atoms with Crippen LogP contribution in [0.3, 0.4) is 0 Å². The summed E-state index contributed by atoms with van der Waals surface area (Å²) >= 11 is 0. The van der Waals surface area contributed by atoms with E-state index >= 15 is 0 Å². The van der Waals surface area contributed by atoms with Gasteiger partial charge in [0.15, 0.2) is 0 Å². The smallest absolute Gasteiger partial charge is 0.292 e. The molecule has 1 atom stereocenters. The Morgan fingerprint density at radius 2 is 2.32 bits per heavy atom. The van der Waals surface area contributed by atoms with Gasteiger partial charge >= 0.3 is 0 Å². The van der Waals surface area contributed by atoms with E-state index in [2.05, 4.69) is 15.2 Å². The van der Waals surface area contributed by atoms with E-state index in [4.69, 9.17) is 0 Å². The second-order valence-electron chi connectivity index (χ2n) is 5.83. The Morgan fingerprint density at radius 1 is 1.45 bits per heavy atom. The molecule has 0 N–H and O–H groups in total. The van der Waals surface area contributed by atoms with Crippen LogP contribution in [0, 0.1) is 23.0 Å². The zero-order valence-electron chi connectivity index (χ0n) is 12.6. The van der Waals surface area contributed by atoms with Crippen molar-refractivity contribution in [3.05, 3.63) is 46.3 Å². The van der Waals surface area contributed by atoms with Crippen LogP contribution in [-0.4, -0.2) is 33.0 Å². The first kappa shape index (κ1) is 14.5. The van der Waals surface area contributed by atoms with Crippen molar-refractivity contribution in [2.45, 2.75) is 26.3 Å². The first-order valence-electron chi connectivity index (χ1n) is 7.47. The molecule has 7 heteroatoms. The summed E-state index contributed by atoms with van der Waals surface area (Å²) in [5.41, 5.74) is 1.83. The van der Waals surface area contributed by atoms with Crippen molar-refractivity contribution in [2.75, 3.05) is 18.0 Å². The van der Waals surface area contributed by atoms with Crippen molar-refractivity contribution in [1.82, 2.24) is 15.0 Å². The quantitative estimate of drug-likeness (QED) is 0.640. The molecule has 1 saturated heterocycles. The van der Waals surface area contributed by atoms with E-state index in [1.807, 2.05) is 29.9 Å². The summed E-state index contributed by atoms with van der Waals surface area (Å²) in [6, 6.07) is 5.45. The fraction of sp³-hybridized carbons (Fsp3) is 0.467. The highest BCUT2D eigenvalue weighted by atomic mass is 16.6. The Balaban J connectivity index is 1.78. The standard InChI is InChI=1S/C15H19N5O2/c1-12-4-5-14(15(9-12)20(21)22)18-7-2-3-13(10-18)11-19-8-6-16-17-19/h4-6,8-9,13H,2-3,7,10-11H2,1H3/t13-/m0/s1. The third-order valence-corrected chi connectivity index (χ3v) is 4.10. The van der Waals surface area contributed by atoms with E-state index in [9.17, 15) is 10.1 Å². The van der Waals surface area contributed by atoms with Gasteiger partial charge in [-0.3, -0.25) is 14.8 Å². The molecule has 0 unspecified atom stereocenters. The van der Waals surface area contributed by atoms with E-state index in [0.29, 0.717) is 5.92 Å². The number of nitro benzene ring substituents is 1. The number of aromatic nitrogens is 3. The van der Waals surface area contributed by atoms with Crippen LogP contribution < -0.4 is 4.90 Å². The molecular formula is C15H19N5O2. The minimum absolute atomic E-state index is 0.196. The maximum absolute atomic E-state index is 11.3. The van der Waals surface area contributed by atoms with Crippen molar-refractivity contribution < 1.29 is 4.92 Å². The maximum atomic E-state index is 11.3.